The van der Waals surface area contributed by atoms with Gasteiger partial charge in [-0.25, -0.2) is 8.42 Å². The van der Waals surface area contributed by atoms with Crippen LogP contribution in [0, 0.1) is 18.8 Å². The first kappa shape index (κ1) is 21.6. The summed E-state index contributed by atoms with van der Waals surface area (Å²) < 4.78 is 27.9. The average molecular weight is 408 g/mol. The van der Waals surface area contributed by atoms with Gasteiger partial charge in [0.15, 0.2) is 0 Å². The predicted octanol–water partition coefficient (Wildman–Crippen LogP) is 3.63. The van der Waals surface area contributed by atoms with Crippen molar-refractivity contribution in [3.63, 3.8) is 0 Å². The van der Waals surface area contributed by atoms with E-state index in [9.17, 15) is 8.42 Å². The van der Waals surface area contributed by atoms with Gasteiger partial charge in [0, 0.05) is 32.9 Å². The highest BCUT2D eigenvalue weighted by atomic mass is 32.2. The smallest absolute Gasteiger partial charge is 0.243 e. The second-order valence-corrected chi connectivity index (χ2v) is 10.8. The highest BCUT2D eigenvalue weighted by Crippen LogP contribution is 2.30. The number of benzene rings is 1. The molecule has 0 aromatic heterocycles. The Hall–Kier alpha value is -1.11. The van der Waals surface area contributed by atoms with Crippen LogP contribution >= 0.6 is 0 Å². The summed E-state index contributed by atoms with van der Waals surface area (Å²) in [4.78, 5) is 2.40. The highest BCUT2D eigenvalue weighted by Gasteiger charge is 2.29. The Labute approximate surface area is 171 Å². The van der Waals surface area contributed by atoms with Crippen LogP contribution in [0.3, 0.4) is 0 Å². The van der Waals surface area contributed by atoms with Gasteiger partial charge in [0.25, 0.3) is 0 Å². The Balaban J connectivity index is 1.51. The van der Waals surface area contributed by atoms with E-state index >= 15 is 0 Å². The van der Waals surface area contributed by atoms with E-state index in [2.05, 4.69) is 5.32 Å². The second-order valence-electron chi connectivity index (χ2n) is 8.81. The van der Waals surface area contributed by atoms with Gasteiger partial charge in [0.05, 0.1) is 4.90 Å². The summed E-state index contributed by atoms with van der Waals surface area (Å²) >= 11 is 0. The zero-order chi connectivity index (χ0) is 20.1. The largest absolute Gasteiger partial charge is 0.377 e. The van der Waals surface area contributed by atoms with Gasteiger partial charge in [-0.2, -0.15) is 4.31 Å². The summed E-state index contributed by atoms with van der Waals surface area (Å²) in [5.74, 6) is 1.58. The summed E-state index contributed by atoms with van der Waals surface area (Å²) in [6.45, 7) is 5.68. The van der Waals surface area contributed by atoms with Gasteiger partial charge in [-0.05, 0) is 75.2 Å². The lowest BCUT2D eigenvalue weighted by Gasteiger charge is -2.32. The lowest BCUT2D eigenvalue weighted by molar-refractivity contribution is 0.250. The van der Waals surface area contributed by atoms with Crippen LogP contribution in [0.15, 0.2) is 23.1 Å². The number of nitrogens with one attached hydrogen (secondary N) is 1. The Bertz CT molecular complexity index is 734. The van der Waals surface area contributed by atoms with Crippen LogP contribution in [0.2, 0.25) is 0 Å². The number of piperidine rings is 2. The van der Waals surface area contributed by atoms with Crippen molar-refractivity contribution in [1.29, 1.82) is 0 Å². The number of sulfonamides is 1. The molecule has 0 amide bonds. The fourth-order valence-electron chi connectivity index (χ4n) is 4.68. The summed E-state index contributed by atoms with van der Waals surface area (Å²) in [6.07, 6.45) is 8.54. The first-order valence-corrected chi connectivity index (χ1v) is 12.3. The van der Waals surface area contributed by atoms with Crippen molar-refractivity contribution < 1.29 is 8.42 Å². The third-order valence-electron chi connectivity index (χ3n) is 6.56. The number of hydrogen-bond donors (Lipinski definition) is 1. The van der Waals surface area contributed by atoms with Gasteiger partial charge in [-0.3, -0.25) is 0 Å². The molecule has 0 bridgehead atoms. The Morgan fingerprint density at radius 2 is 1.64 bits per heavy atom. The molecule has 1 aromatic rings. The average Bonchev–Trinajstić information content (AvgIpc) is 2.69. The summed E-state index contributed by atoms with van der Waals surface area (Å²) in [5, 5.41) is 3.43. The lowest BCUT2D eigenvalue weighted by atomic mass is 9.87. The van der Waals surface area contributed by atoms with Crippen LogP contribution in [0.4, 0.5) is 5.69 Å². The standard InChI is InChI=1S/C22H37N3O2S/c1-18-7-8-21(17-22(18)24(2)3)28(26,27)25-15-11-20(12-16-25)6-4-5-19-9-13-23-14-10-19/h7-8,17,19-20,23H,4-6,9-16H2,1-3H3. The van der Waals surface area contributed by atoms with Crippen LogP contribution in [0.25, 0.3) is 0 Å². The summed E-state index contributed by atoms with van der Waals surface area (Å²) in [5.41, 5.74) is 2.06. The van der Waals surface area contributed by atoms with Crippen molar-refractivity contribution in [2.24, 2.45) is 11.8 Å². The lowest BCUT2D eigenvalue weighted by Crippen LogP contribution is -2.38. The number of anilines is 1. The van der Waals surface area contributed by atoms with E-state index in [0.29, 0.717) is 23.9 Å². The summed E-state index contributed by atoms with van der Waals surface area (Å²) in [6, 6.07) is 5.48. The Kier molecular flexibility index (Phi) is 7.40. The van der Waals surface area contributed by atoms with Gasteiger partial charge in [-0.1, -0.05) is 25.3 Å². The highest BCUT2D eigenvalue weighted by molar-refractivity contribution is 7.89. The van der Waals surface area contributed by atoms with E-state index in [1.807, 2.05) is 38.1 Å². The topological polar surface area (TPSA) is 52.7 Å². The van der Waals surface area contributed by atoms with Crippen LogP contribution in [0.1, 0.15) is 50.5 Å². The molecule has 1 aromatic carbocycles. The maximum absolute atomic E-state index is 13.1. The summed E-state index contributed by atoms with van der Waals surface area (Å²) in [7, 11) is 0.509. The number of hydrogen-bond acceptors (Lipinski definition) is 4. The van der Waals surface area contributed by atoms with Crippen molar-refractivity contribution in [3.8, 4) is 0 Å². The number of aryl methyl sites for hydroxylation is 1. The van der Waals surface area contributed by atoms with Crippen molar-refractivity contribution in [1.82, 2.24) is 9.62 Å². The third-order valence-corrected chi connectivity index (χ3v) is 8.45. The SMILES string of the molecule is Cc1ccc(S(=O)(=O)N2CCC(CCCC3CCNCC3)CC2)cc1N(C)C. The molecule has 0 aliphatic carbocycles. The zero-order valence-corrected chi connectivity index (χ0v) is 18.6. The molecule has 1 N–H and O–H groups in total. The second kappa shape index (κ2) is 9.59. The molecule has 0 saturated carbocycles. The predicted molar refractivity (Wildman–Crippen MR) is 116 cm³/mol. The van der Waals surface area contributed by atoms with Crippen molar-refractivity contribution in [3.05, 3.63) is 23.8 Å². The quantitative estimate of drug-likeness (QED) is 0.750. The van der Waals surface area contributed by atoms with E-state index in [1.165, 1.54) is 45.2 Å². The molecule has 2 aliphatic heterocycles. The molecule has 2 fully saturated rings. The van der Waals surface area contributed by atoms with E-state index in [1.54, 1.807) is 10.4 Å². The zero-order valence-electron chi connectivity index (χ0n) is 17.8. The molecule has 5 nitrogen and oxygen atoms in total. The molecule has 28 heavy (non-hydrogen) atoms. The van der Waals surface area contributed by atoms with Gasteiger partial charge >= 0.3 is 0 Å². The molecule has 0 unspecified atom stereocenters. The first-order chi connectivity index (χ1) is 13.4. The van der Waals surface area contributed by atoms with Gasteiger partial charge < -0.3 is 10.2 Å². The van der Waals surface area contributed by atoms with Crippen LogP contribution in [-0.4, -0.2) is 53.0 Å². The van der Waals surface area contributed by atoms with E-state index in [0.717, 1.165) is 30.0 Å². The van der Waals surface area contributed by atoms with Gasteiger partial charge in [-0.15, -0.1) is 0 Å². The van der Waals surface area contributed by atoms with Gasteiger partial charge in [0.1, 0.15) is 0 Å². The van der Waals surface area contributed by atoms with Crippen LogP contribution < -0.4 is 10.2 Å². The van der Waals surface area contributed by atoms with Crippen LogP contribution in [0.5, 0.6) is 0 Å². The molecule has 2 saturated heterocycles. The van der Waals surface area contributed by atoms with Gasteiger partial charge in [0.2, 0.25) is 10.0 Å². The van der Waals surface area contributed by atoms with Crippen molar-refractivity contribution in [2.45, 2.75) is 56.8 Å². The molecular weight excluding hydrogens is 370 g/mol. The third kappa shape index (κ3) is 5.28. The molecule has 0 spiro atoms. The molecule has 0 atom stereocenters. The number of rotatable bonds is 7. The Morgan fingerprint density at radius 3 is 2.25 bits per heavy atom. The molecule has 158 valence electrons. The van der Waals surface area contributed by atoms with E-state index < -0.39 is 10.0 Å². The fraction of sp³-hybridized carbons (Fsp3) is 0.727. The van der Waals surface area contributed by atoms with Crippen LogP contribution in [-0.2, 0) is 10.0 Å². The van der Waals surface area contributed by atoms with Crippen molar-refractivity contribution >= 4 is 15.7 Å². The fourth-order valence-corrected chi connectivity index (χ4v) is 6.17. The normalized spacial score (nSPS) is 20.4. The minimum absolute atomic E-state index is 0.422. The van der Waals surface area contributed by atoms with Crippen molar-refractivity contribution in [2.75, 3.05) is 45.2 Å². The first-order valence-electron chi connectivity index (χ1n) is 10.9. The monoisotopic (exact) mass is 407 g/mol. The molecule has 2 aliphatic rings. The number of nitrogens with zero attached hydrogens (tertiary/aromatic N) is 2. The molecule has 3 rings (SSSR count). The van der Waals surface area contributed by atoms with E-state index in [4.69, 9.17) is 0 Å². The minimum atomic E-state index is -3.40. The molecule has 0 radical (unpaired) electrons. The maximum atomic E-state index is 13.1. The molecule has 6 heteroatoms. The molecular formula is C22H37N3O2S. The molecule has 2 heterocycles. The Morgan fingerprint density at radius 1 is 1.04 bits per heavy atom. The van der Waals surface area contributed by atoms with E-state index in [-0.39, 0.29) is 0 Å². The maximum Gasteiger partial charge on any atom is 0.243 e. The minimum Gasteiger partial charge on any atom is -0.377 e.